The van der Waals surface area contributed by atoms with Crippen LogP contribution < -0.4 is 20.8 Å². The van der Waals surface area contributed by atoms with Crippen molar-refractivity contribution in [3.8, 4) is 5.75 Å². The van der Waals surface area contributed by atoms with Crippen molar-refractivity contribution in [2.24, 2.45) is 0 Å². The van der Waals surface area contributed by atoms with E-state index in [1.54, 1.807) is 6.20 Å². The molecule has 0 radical (unpaired) electrons. The molecule has 0 atom stereocenters. The van der Waals surface area contributed by atoms with Gasteiger partial charge in [0.2, 0.25) is 0 Å². The number of nitrogens with zero attached hydrogens (tertiary/aromatic N) is 1. The van der Waals surface area contributed by atoms with Gasteiger partial charge in [0.15, 0.2) is 0 Å². The second kappa shape index (κ2) is 10.1. The summed E-state index contributed by atoms with van der Waals surface area (Å²) in [5.41, 5.74) is 7.89. The Labute approximate surface area is 215 Å². The van der Waals surface area contributed by atoms with E-state index in [2.05, 4.69) is 86.4 Å². The Morgan fingerprint density at radius 3 is 1.94 bits per heavy atom. The van der Waals surface area contributed by atoms with Crippen LogP contribution in [0.4, 0.5) is 5.69 Å². The van der Waals surface area contributed by atoms with E-state index in [9.17, 15) is 0 Å². The molecule has 1 aliphatic carbocycles. The van der Waals surface area contributed by atoms with Gasteiger partial charge in [0.05, 0.1) is 17.3 Å². The Bertz CT molecular complexity index is 1260. The molecule has 186 valence electrons. The number of hydrogen-bond donors (Lipinski definition) is 1. The minimum Gasteiger partial charge on any atom is -0.488 e. The molecule has 0 amide bonds. The first-order valence-electron chi connectivity index (χ1n) is 13.0. The molecule has 0 unspecified atom stereocenters. The van der Waals surface area contributed by atoms with Gasteiger partial charge in [-0.15, -0.1) is 0 Å². The molecule has 0 spiro atoms. The number of hydrogen-bond acceptors (Lipinski definition) is 4. The van der Waals surface area contributed by atoms with Crippen LogP contribution in [0, 0.1) is 0 Å². The Morgan fingerprint density at radius 2 is 1.36 bits per heavy atom. The lowest BCUT2D eigenvalue weighted by atomic mass is 9.95. The van der Waals surface area contributed by atoms with Crippen molar-refractivity contribution >= 4 is 35.3 Å². The van der Waals surface area contributed by atoms with E-state index >= 15 is 0 Å². The van der Waals surface area contributed by atoms with Crippen molar-refractivity contribution in [2.45, 2.75) is 63.7 Å². The highest BCUT2D eigenvalue weighted by Crippen LogP contribution is 2.40. The van der Waals surface area contributed by atoms with E-state index in [1.165, 1.54) is 10.4 Å². The monoisotopic (exact) mass is 496 g/mol. The summed E-state index contributed by atoms with van der Waals surface area (Å²) < 4.78 is 13.7. The first-order chi connectivity index (χ1) is 17.4. The molecule has 1 fully saturated rings. The molecule has 2 N–H and O–H groups in total. The lowest BCUT2D eigenvalue weighted by Gasteiger charge is -2.46. The van der Waals surface area contributed by atoms with E-state index in [0.29, 0.717) is 5.69 Å². The maximum absolute atomic E-state index is 7.34. The molecule has 5 rings (SSSR count). The first-order valence-corrected chi connectivity index (χ1v) is 14.9. The SMILES string of the molecule is CC(C)(C)[Si](O[C@H]1CC[C@@H](Oc2cc3ncccc3cc2N)CC1)(c1ccccc1)c1ccccc1. The summed E-state index contributed by atoms with van der Waals surface area (Å²) in [5.74, 6) is 0.734. The maximum atomic E-state index is 7.34. The van der Waals surface area contributed by atoms with E-state index < -0.39 is 8.32 Å². The van der Waals surface area contributed by atoms with Crippen molar-refractivity contribution in [2.75, 3.05) is 5.73 Å². The lowest BCUT2D eigenvalue weighted by molar-refractivity contribution is 0.0755. The normalized spacial score (nSPS) is 18.8. The van der Waals surface area contributed by atoms with Gasteiger partial charge in [-0.05, 0) is 53.2 Å². The molecule has 4 nitrogen and oxygen atoms in total. The third kappa shape index (κ3) is 4.78. The zero-order valence-corrected chi connectivity index (χ0v) is 22.5. The van der Waals surface area contributed by atoms with Crippen molar-refractivity contribution in [3.05, 3.63) is 91.1 Å². The van der Waals surface area contributed by atoms with Crippen LogP contribution in [-0.4, -0.2) is 25.5 Å². The van der Waals surface area contributed by atoms with Crippen molar-refractivity contribution < 1.29 is 9.16 Å². The fourth-order valence-corrected chi connectivity index (χ4v) is 10.4. The Morgan fingerprint density at radius 1 is 0.778 bits per heavy atom. The Balaban J connectivity index is 1.36. The number of pyridine rings is 1. The summed E-state index contributed by atoms with van der Waals surface area (Å²) in [6, 6.07) is 29.7. The van der Waals surface area contributed by atoms with Gasteiger partial charge in [-0.1, -0.05) is 87.5 Å². The van der Waals surface area contributed by atoms with Crippen LogP contribution in [0.25, 0.3) is 10.9 Å². The highest BCUT2D eigenvalue weighted by Gasteiger charge is 2.51. The highest BCUT2D eigenvalue weighted by molar-refractivity contribution is 6.99. The van der Waals surface area contributed by atoms with Gasteiger partial charge in [0, 0.05) is 23.8 Å². The summed E-state index contributed by atoms with van der Waals surface area (Å²) in [6.45, 7) is 7.01. The van der Waals surface area contributed by atoms with Crippen molar-refractivity contribution in [1.29, 1.82) is 0 Å². The minimum atomic E-state index is -2.54. The van der Waals surface area contributed by atoms with Gasteiger partial charge >= 0.3 is 0 Å². The summed E-state index contributed by atoms with van der Waals surface area (Å²) in [5, 5.41) is 3.68. The minimum absolute atomic E-state index is 0.0183. The molecule has 0 aliphatic heterocycles. The molecule has 1 aromatic heterocycles. The van der Waals surface area contributed by atoms with Crippen LogP contribution in [0.15, 0.2) is 91.1 Å². The second-order valence-electron chi connectivity index (χ2n) is 10.9. The fourth-order valence-electron chi connectivity index (χ4n) is 5.61. The van der Waals surface area contributed by atoms with Crippen LogP contribution in [0.3, 0.4) is 0 Å². The topological polar surface area (TPSA) is 57.4 Å². The summed E-state index contributed by atoms with van der Waals surface area (Å²) in [6.07, 6.45) is 5.97. The molecule has 1 aliphatic rings. The fraction of sp³-hybridized carbons (Fsp3) is 0.323. The van der Waals surface area contributed by atoms with Crippen LogP contribution >= 0.6 is 0 Å². The smallest absolute Gasteiger partial charge is 0.261 e. The van der Waals surface area contributed by atoms with Crippen molar-refractivity contribution in [1.82, 2.24) is 4.98 Å². The van der Waals surface area contributed by atoms with Crippen LogP contribution in [-0.2, 0) is 4.43 Å². The predicted octanol–water partition coefficient (Wildman–Crippen LogP) is 6.08. The van der Waals surface area contributed by atoms with Crippen LogP contribution in [0.5, 0.6) is 5.75 Å². The van der Waals surface area contributed by atoms with Gasteiger partial charge in [0.25, 0.3) is 8.32 Å². The average molecular weight is 497 g/mol. The maximum Gasteiger partial charge on any atom is 0.261 e. The van der Waals surface area contributed by atoms with E-state index in [1.807, 2.05) is 24.3 Å². The number of aromatic nitrogens is 1. The number of nitrogen functional groups attached to an aromatic ring is 1. The predicted molar refractivity (Wildman–Crippen MR) is 152 cm³/mol. The first kappa shape index (κ1) is 24.5. The molecule has 4 aromatic rings. The van der Waals surface area contributed by atoms with Gasteiger partial charge in [-0.25, -0.2) is 0 Å². The number of anilines is 1. The number of nitrogens with two attached hydrogens (primary N) is 1. The average Bonchev–Trinajstić information content (AvgIpc) is 2.89. The molecule has 0 saturated heterocycles. The zero-order chi connectivity index (χ0) is 25.2. The standard InChI is InChI=1S/C31H36N2O2Si/c1-31(2,3)36(26-12-6-4-7-13-26,27-14-8-5-9-15-27)35-25-18-16-24(17-19-25)34-30-22-29-23(21-28(30)32)11-10-20-33-29/h4-15,20-22,24-25H,16-19,32H2,1-3H3/t24-,25+. The molecule has 36 heavy (non-hydrogen) atoms. The Hall–Kier alpha value is -3.15. The zero-order valence-electron chi connectivity index (χ0n) is 21.5. The highest BCUT2D eigenvalue weighted by atomic mass is 28.4. The molecule has 1 heterocycles. The van der Waals surface area contributed by atoms with E-state index in [-0.39, 0.29) is 17.2 Å². The molecular weight excluding hydrogens is 460 g/mol. The lowest BCUT2D eigenvalue weighted by Crippen LogP contribution is -2.67. The largest absolute Gasteiger partial charge is 0.488 e. The summed E-state index contributed by atoms with van der Waals surface area (Å²) in [4.78, 5) is 4.46. The van der Waals surface area contributed by atoms with E-state index in [0.717, 1.165) is 42.3 Å². The number of benzene rings is 3. The molecule has 3 aromatic carbocycles. The molecule has 0 bridgehead atoms. The summed E-state index contributed by atoms with van der Waals surface area (Å²) >= 11 is 0. The van der Waals surface area contributed by atoms with Gasteiger partial charge in [-0.3, -0.25) is 4.98 Å². The summed E-state index contributed by atoms with van der Waals surface area (Å²) in [7, 11) is -2.54. The number of ether oxygens (including phenoxy) is 1. The number of fused-ring (bicyclic) bond motifs is 1. The molecule has 5 heteroatoms. The van der Waals surface area contributed by atoms with Crippen LogP contribution in [0.2, 0.25) is 5.04 Å². The quantitative estimate of drug-likeness (QED) is 0.259. The van der Waals surface area contributed by atoms with Gasteiger partial charge in [0.1, 0.15) is 5.75 Å². The molecule has 1 saturated carbocycles. The van der Waals surface area contributed by atoms with Gasteiger partial charge in [-0.2, -0.15) is 0 Å². The third-order valence-corrected chi connectivity index (χ3v) is 12.5. The van der Waals surface area contributed by atoms with Crippen molar-refractivity contribution in [3.63, 3.8) is 0 Å². The second-order valence-corrected chi connectivity index (χ2v) is 15.1. The van der Waals surface area contributed by atoms with Crippen LogP contribution in [0.1, 0.15) is 46.5 Å². The van der Waals surface area contributed by atoms with Gasteiger partial charge < -0.3 is 14.9 Å². The third-order valence-electron chi connectivity index (χ3n) is 7.41. The van der Waals surface area contributed by atoms with E-state index in [4.69, 9.17) is 14.9 Å². The Kier molecular flexibility index (Phi) is 6.87. The molecular formula is C31H36N2O2Si. The number of rotatable bonds is 6.